The predicted molar refractivity (Wildman–Crippen MR) is 29.3 cm³/mol. The Balaban J connectivity index is 3.79. The molecule has 0 N–H and O–H groups in total. The van der Waals surface area contributed by atoms with Gasteiger partial charge in [-0.3, -0.25) is 0 Å². The van der Waals surface area contributed by atoms with Crippen molar-refractivity contribution in [1.29, 1.82) is 0 Å². The van der Waals surface area contributed by atoms with Gasteiger partial charge in [0, 0.05) is 0 Å². The van der Waals surface area contributed by atoms with Crippen molar-refractivity contribution >= 4 is 32.7 Å². The Morgan fingerprint density at radius 1 is 1.33 bits per heavy atom. The van der Waals surface area contributed by atoms with Gasteiger partial charge >= 0.3 is 52.1 Å². The van der Waals surface area contributed by atoms with E-state index in [9.17, 15) is 0 Å². The third-order valence-electron chi connectivity index (χ3n) is 0.207. The maximum atomic E-state index is 5.37. The van der Waals surface area contributed by atoms with Crippen LogP contribution in [0.15, 0.2) is 0 Å². The average molecular weight is 329 g/mol. The second-order valence-corrected chi connectivity index (χ2v) is 16.6. The molecule has 4 heteroatoms. The summed E-state index contributed by atoms with van der Waals surface area (Å²) in [5.41, 5.74) is 0. The first-order chi connectivity index (χ1) is 2.56. The first-order valence-electron chi connectivity index (χ1n) is 1.12. The predicted octanol–water partition coefficient (Wildman–Crippen LogP) is 2.42. The number of halogens is 3. The van der Waals surface area contributed by atoms with Gasteiger partial charge < -0.3 is 0 Å². The van der Waals surface area contributed by atoms with E-state index in [2.05, 4.69) is 0 Å². The van der Waals surface area contributed by atoms with Crippen molar-refractivity contribution in [3.8, 4) is 0 Å². The Bertz CT molecular complexity index is 72.5. The zero-order chi connectivity index (χ0) is 5.21. The summed E-state index contributed by atoms with van der Waals surface area (Å²) in [6, 6.07) is 0. The van der Waals surface area contributed by atoms with Crippen molar-refractivity contribution < 1.29 is 12.5 Å². The van der Waals surface area contributed by atoms with E-state index in [4.69, 9.17) is 28.3 Å². The van der Waals surface area contributed by atoms with Crippen molar-refractivity contribution in [3.63, 3.8) is 0 Å². The van der Waals surface area contributed by atoms with Gasteiger partial charge in [0.25, 0.3) is 0 Å². The van der Waals surface area contributed by atoms with Gasteiger partial charge in [0.2, 0.25) is 0 Å². The molecule has 0 unspecified atom stereocenters. The van der Waals surface area contributed by atoms with E-state index in [1.165, 1.54) is 0 Å². The standard InChI is InChI=1S/C2H4.3ClH.Pt/c1-2;;;;/h1H,2H3;3*1H;/q;;;;+3/p-3. The molecule has 0 aliphatic heterocycles. The monoisotopic (exact) mass is 328 g/mol. The fourth-order valence-corrected chi connectivity index (χ4v) is 0. The van der Waals surface area contributed by atoms with E-state index in [1.54, 1.807) is 11.3 Å². The minimum absolute atomic E-state index is 1.66. The summed E-state index contributed by atoms with van der Waals surface area (Å²) >= 11 is -2.69. The second-order valence-electron chi connectivity index (χ2n) is 0.525. The molecule has 0 aliphatic carbocycles. The molecule has 0 aromatic heterocycles. The van der Waals surface area contributed by atoms with Crippen molar-refractivity contribution in [2.45, 2.75) is 6.92 Å². The van der Waals surface area contributed by atoms with Gasteiger partial charge in [0.05, 0.1) is 0 Å². The van der Waals surface area contributed by atoms with Gasteiger partial charge in [0.15, 0.2) is 0 Å². The van der Waals surface area contributed by atoms with E-state index >= 15 is 0 Å². The van der Waals surface area contributed by atoms with Crippen LogP contribution in [0.1, 0.15) is 6.92 Å². The normalized spacial score (nSPS) is 14.0. The van der Waals surface area contributed by atoms with Crippen molar-refractivity contribution in [2.75, 3.05) is 0 Å². The summed E-state index contributed by atoms with van der Waals surface area (Å²) in [5, 5.41) is 0. The molecule has 0 spiro atoms. The van der Waals surface area contributed by atoms with Crippen LogP contribution < -0.4 is 0 Å². The molecule has 0 fully saturated rings. The third kappa shape index (κ3) is 5.43. The molecule has 6 heavy (non-hydrogen) atoms. The number of hydrogen-bond donors (Lipinski definition) is 0. The van der Waals surface area contributed by atoms with Crippen LogP contribution in [0.25, 0.3) is 0 Å². The van der Waals surface area contributed by atoms with Crippen LogP contribution in [0.5, 0.6) is 0 Å². The molecule has 0 aromatic carbocycles. The Morgan fingerprint density at radius 2 is 1.50 bits per heavy atom. The Labute approximate surface area is 51.9 Å². The average Bonchev–Trinajstić information content (AvgIpc) is 1.35. The molecule has 0 saturated heterocycles. The SMILES string of the molecule is C[CH]=[Pt]([Cl])([Cl])[Cl]. The number of hydrogen-bond acceptors (Lipinski definition) is 0. The van der Waals surface area contributed by atoms with Gasteiger partial charge in [-0.1, -0.05) is 0 Å². The molecule has 43 valence electrons. The zero-order valence-electron chi connectivity index (χ0n) is 3.03. The fourth-order valence-electron chi connectivity index (χ4n) is 0. The minimum atomic E-state index is -2.69. The van der Waals surface area contributed by atoms with Gasteiger partial charge in [-0.25, -0.2) is 0 Å². The van der Waals surface area contributed by atoms with E-state index < -0.39 is 12.5 Å². The van der Waals surface area contributed by atoms with Crippen LogP contribution in [0.3, 0.4) is 0 Å². The summed E-state index contributed by atoms with van der Waals surface area (Å²) in [4.78, 5) is 0. The van der Waals surface area contributed by atoms with Gasteiger partial charge in [-0.2, -0.15) is 0 Å². The molecule has 0 atom stereocenters. The number of rotatable bonds is 0. The molecule has 0 aromatic rings. The van der Waals surface area contributed by atoms with Gasteiger partial charge in [0.1, 0.15) is 0 Å². The molecule has 0 aliphatic rings. The first kappa shape index (κ1) is 7.43. The molecule has 0 saturated carbocycles. The topological polar surface area (TPSA) is 0 Å². The summed E-state index contributed by atoms with van der Waals surface area (Å²) in [7, 11) is 16.1. The van der Waals surface area contributed by atoms with E-state index in [0.29, 0.717) is 0 Å². The van der Waals surface area contributed by atoms with Crippen LogP contribution in [-0.2, 0) is 12.5 Å². The molecule has 0 rings (SSSR count). The quantitative estimate of drug-likeness (QED) is 0.640. The molecule has 0 heterocycles. The summed E-state index contributed by atoms with van der Waals surface area (Å²) < 4.78 is 1.66. The van der Waals surface area contributed by atoms with E-state index in [-0.39, 0.29) is 0 Å². The Kier molecular flexibility index (Phi) is 3.30. The van der Waals surface area contributed by atoms with Crippen LogP contribution in [0.2, 0.25) is 0 Å². The first-order valence-corrected chi connectivity index (χ1v) is 10.9. The Hall–Kier alpha value is 1.43. The molecule has 0 amide bonds. The third-order valence-corrected chi connectivity index (χ3v) is 5.08. The van der Waals surface area contributed by atoms with Crippen molar-refractivity contribution in [3.05, 3.63) is 0 Å². The van der Waals surface area contributed by atoms with E-state index in [1.807, 2.05) is 0 Å². The maximum absolute atomic E-state index is 5.37. The molecule has 0 radical (unpaired) electrons. The zero-order valence-corrected chi connectivity index (χ0v) is 7.57. The Morgan fingerprint density at radius 3 is 1.50 bits per heavy atom. The van der Waals surface area contributed by atoms with Crippen LogP contribution >= 0.6 is 28.3 Å². The fraction of sp³-hybridized carbons (Fsp3) is 0.500. The second kappa shape index (κ2) is 2.67. The van der Waals surface area contributed by atoms with Gasteiger partial charge in [-0.15, -0.1) is 0 Å². The van der Waals surface area contributed by atoms with Crippen LogP contribution in [0.4, 0.5) is 0 Å². The summed E-state index contributed by atoms with van der Waals surface area (Å²) in [6.45, 7) is 1.77. The summed E-state index contributed by atoms with van der Waals surface area (Å²) in [5.74, 6) is 0. The summed E-state index contributed by atoms with van der Waals surface area (Å²) in [6.07, 6.45) is 0. The van der Waals surface area contributed by atoms with Gasteiger partial charge in [-0.05, 0) is 0 Å². The molecule has 0 bridgehead atoms. The van der Waals surface area contributed by atoms with Crippen LogP contribution in [-0.4, -0.2) is 4.40 Å². The molecular formula is C2H4Cl3Pt. The van der Waals surface area contributed by atoms with E-state index in [0.717, 1.165) is 0 Å². The van der Waals surface area contributed by atoms with Crippen molar-refractivity contribution in [1.82, 2.24) is 0 Å². The van der Waals surface area contributed by atoms with Crippen LogP contribution in [0, 0.1) is 0 Å². The molecular weight excluding hydrogens is 325 g/mol. The van der Waals surface area contributed by atoms with Crippen molar-refractivity contribution in [2.24, 2.45) is 0 Å². The molecule has 0 nitrogen and oxygen atoms in total.